The van der Waals surface area contributed by atoms with E-state index in [1.54, 1.807) is 53.4 Å². The van der Waals surface area contributed by atoms with Crippen LogP contribution >= 0.6 is 11.6 Å². The molecule has 0 radical (unpaired) electrons. The molecule has 2 aromatic carbocycles. The van der Waals surface area contributed by atoms with Gasteiger partial charge in [0, 0.05) is 41.8 Å². The molecule has 152 valence electrons. The van der Waals surface area contributed by atoms with Crippen LogP contribution in [-0.4, -0.2) is 59.3 Å². The van der Waals surface area contributed by atoms with Crippen molar-refractivity contribution in [3.63, 3.8) is 0 Å². The lowest BCUT2D eigenvalue weighted by molar-refractivity contribution is -0.122. The first kappa shape index (κ1) is 19.8. The molecular weight excluding hydrogens is 400 g/mol. The van der Waals surface area contributed by atoms with Crippen LogP contribution in [0.5, 0.6) is 0 Å². The number of alkyl halides is 2. The van der Waals surface area contributed by atoms with Crippen molar-refractivity contribution < 1.29 is 18.4 Å². The van der Waals surface area contributed by atoms with Gasteiger partial charge >= 0.3 is 0 Å². The third-order valence-corrected chi connectivity index (χ3v) is 5.58. The molecule has 0 aromatic heterocycles. The number of benzene rings is 2. The Morgan fingerprint density at radius 3 is 2.48 bits per heavy atom. The molecule has 0 bridgehead atoms. The smallest absolute Gasteiger partial charge is 0.262 e. The molecule has 1 atom stereocenters. The molecule has 2 saturated heterocycles. The number of carbonyl (C=O) groups excluding carboxylic acids is 2. The van der Waals surface area contributed by atoms with Crippen LogP contribution < -0.4 is 5.32 Å². The number of amides is 2. The van der Waals surface area contributed by atoms with E-state index < -0.39 is 30.8 Å². The molecule has 0 unspecified atom stereocenters. The highest BCUT2D eigenvalue weighted by Gasteiger charge is 2.52. The van der Waals surface area contributed by atoms with Gasteiger partial charge in [-0.1, -0.05) is 35.9 Å². The normalized spacial score (nSPS) is 21.6. The number of hydrogen-bond acceptors (Lipinski definition) is 3. The minimum atomic E-state index is -2.94. The molecule has 5 nitrogen and oxygen atoms in total. The SMILES string of the molecule is O=C(Nc1cccc(Cl)c1)[C@@H]1CC(F)(F)CN1C1CN(C(=O)c2ccccc2)C1. The summed E-state index contributed by atoms with van der Waals surface area (Å²) in [7, 11) is 0. The van der Waals surface area contributed by atoms with Gasteiger partial charge in [-0.25, -0.2) is 8.78 Å². The summed E-state index contributed by atoms with van der Waals surface area (Å²) in [6.07, 6.45) is -0.539. The van der Waals surface area contributed by atoms with Crippen molar-refractivity contribution in [2.45, 2.75) is 24.4 Å². The number of hydrogen-bond donors (Lipinski definition) is 1. The molecule has 2 heterocycles. The first-order valence-electron chi connectivity index (χ1n) is 9.37. The van der Waals surface area contributed by atoms with E-state index in [0.29, 0.717) is 29.4 Å². The molecule has 2 aromatic rings. The zero-order chi connectivity index (χ0) is 20.6. The monoisotopic (exact) mass is 419 g/mol. The first-order chi connectivity index (χ1) is 13.8. The number of carbonyl (C=O) groups is 2. The summed E-state index contributed by atoms with van der Waals surface area (Å²) in [5.41, 5.74) is 1.03. The largest absolute Gasteiger partial charge is 0.335 e. The molecule has 2 aliphatic heterocycles. The van der Waals surface area contributed by atoms with Gasteiger partial charge in [0.25, 0.3) is 11.8 Å². The molecule has 2 fully saturated rings. The van der Waals surface area contributed by atoms with Gasteiger partial charge in [-0.15, -0.1) is 0 Å². The summed E-state index contributed by atoms with van der Waals surface area (Å²) in [5, 5.41) is 3.13. The second-order valence-electron chi connectivity index (χ2n) is 7.48. The van der Waals surface area contributed by atoms with Gasteiger partial charge in [0.2, 0.25) is 5.91 Å². The van der Waals surface area contributed by atoms with Gasteiger partial charge in [-0.2, -0.15) is 0 Å². The predicted octanol–water partition coefficient (Wildman–Crippen LogP) is 3.51. The Hall–Kier alpha value is -2.51. The second-order valence-corrected chi connectivity index (χ2v) is 7.91. The van der Waals surface area contributed by atoms with E-state index in [4.69, 9.17) is 11.6 Å². The van der Waals surface area contributed by atoms with Crippen LogP contribution in [0, 0.1) is 0 Å². The standard InChI is InChI=1S/C21H20ClF2N3O2/c22-15-7-4-8-16(9-15)25-19(28)18-10-21(23,24)13-27(18)17-11-26(12-17)20(29)14-5-2-1-3-6-14/h1-9,17-18H,10-13H2,(H,25,28)/t18-/m0/s1. The number of nitrogens with zero attached hydrogens (tertiary/aromatic N) is 2. The molecular formula is C21H20ClF2N3O2. The van der Waals surface area contributed by atoms with Crippen LogP contribution in [0.3, 0.4) is 0 Å². The quantitative estimate of drug-likeness (QED) is 0.825. The van der Waals surface area contributed by atoms with Gasteiger partial charge in [0.15, 0.2) is 0 Å². The average molecular weight is 420 g/mol. The Balaban J connectivity index is 1.42. The van der Waals surface area contributed by atoms with Crippen LogP contribution in [0.25, 0.3) is 0 Å². The minimum absolute atomic E-state index is 0.132. The Morgan fingerprint density at radius 1 is 1.07 bits per heavy atom. The molecule has 2 aliphatic rings. The van der Waals surface area contributed by atoms with E-state index >= 15 is 0 Å². The number of rotatable bonds is 4. The maximum atomic E-state index is 14.1. The van der Waals surface area contributed by atoms with Crippen LogP contribution in [0.15, 0.2) is 54.6 Å². The summed E-state index contributed by atoms with van der Waals surface area (Å²) in [4.78, 5) is 28.3. The van der Waals surface area contributed by atoms with E-state index in [1.165, 1.54) is 4.90 Å². The molecule has 0 saturated carbocycles. The third-order valence-electron chi connectivity index (χ3n) is 5.34. The second kappa shape index (κ2) is 7.72. The topological polar surface area (TPSA) is 52.7 Å². The van der Waals surface area contributed by atoms with E-state index in [0.717, 1.165) is 0 Å². The molecule has 8 heteroatoms. The Bertz CT molecular complexity index is 919. The molecule has 1 N–H and O–H groups in total. The summed E-state index contributed by atoms with van der Waals surface area (Å²) >= 11 is 5.92. The predicted molar refractivity (Wildman–Crippen MR) is 106 cm³/mol. The van der Waals surface area contributed by atoms with Crippen molar-refractivity contribution in [3.8, 4) is 0 Å². The highest BCUT2D eigenvalue weighted by atomic mass is 35.5. The summed E-state index contributed by atoms with van der Waals surface area (Å²) in [5.74, 6) is -3.56. The van der Waals surface area contributed by atoms with Crippen molar-refractivity contribution >= 4 is 29.1 Å². The number of likely N-dealkylation sites (tertiary alicyclic amines) is 2. The van der Waals surface area contributed by atoms with E-state index in [2.05, 4.69) is 5.32 Å². The van der Waals surface area contributed by atoms with E-state index in [9.17, 15) is 18.4 Å². The third kappa shape index (κ3) is 4.26. The number of halogens is 3. The lowest BCUT2D eigenvalue weighted by atomic mass is 10.0. The first-order valence-corrected chi connectivity index (χ1v) is 9.74. The van der Waals surface area contributed by atoms with Crippen LogP contribution in [0.1, 0.15) is 16.8 Å². The highest BCUT2D eigenvalue weighted by Crippen LogP contribution is 2.36. The summed E-state index contributed by atoms with van der Waals surface area (Å²) < 4.78 is 28.3. The number of anilines is 1. The fourth-order valence-corrected chi connectivity index (χ4v) is 4.05. The Kier molecular flexibility index (Phi) is 5.27. The van der Waals surface area contributed by atoms with E-state index in [1.807, 2.05) is 6.07 Å². The maximum absolute atomic E-state index is 14.1. The average Bonchev–Trinajstić information content (AvgIpc) is 2.96. The lowest BCUT2D eigenvalue weighted by Gasteiger charge is -2.45. The fourth-order valence-electron chi connectivity index (χ4n) is 3.85. The minimum Gasteiger partial charge on any atom is -0.335 e. The molecule has 29 heavy (non-hydrogen) atoms. The maximum Gasteiger partial charge on any atom is 0.262 e. The van der Waals surface area contributed by atoms with Crippen molar-refractivity contribution in [1.82, 2.24) is 9.80 Å². The van der Waals surface area contributed by atoms with Gasteiger partial charge in [-0.3, -0.25) is 14.5 Å². The van der Waals surface area contributed by atoms with Crippen LogP contribution in [0.2, 0.25) is 5.02 Å². The van der Waals surface area contributed by atoms with Gasteiger partial charge < -0.3 is 10.2 Å². The molecule has 0 aliphatic carbocycles. The Morgan fingerprint density at radius 2 is 1.79 bits per heavy atom. The van der Waals surface area contributed by atoms with Gasteiger partial charge in [-0.05, 0) is 30.3 Å². The van der Waals surface area contributed by atoms with Crippen LogP contribution in [0.4, 0.5) is 14.5 Å². The lowest BCUT2D eigenvalue weighted by Crippen LogP contribution is -2.63. The van der Waals surface area contributed by atoms with Crippen molar-refractivity contribution in [2.24, 2.45) is 0 Å². The van der Waals surface area contributed by atoms with Gasteiger partial charge in [0.05, 0.1) is 12.6 Å². The van der Waals surface area contributed by atoms with E-state index in [-0.39, 0.29) is 11.9 Å². The number of nitrogens with one attached hydrogen (secondary N) is 1. The zero-order valence-electron chi connectivity index (χ0n) is 15.5. The van der Waals surface area contributed by atoms with Gasteiger partial charge in [0.1, 0.15) is 0 Å². The highest BCUT2D eigenvalue weighted by molar-refractivity contribution is 6.30. The Labute approximate surface area is 172 Å². The molecule has 2 amide bonds. The fraction of sp³-hybridized carbons (Fsp3) is 0.333. The summed E-state index contributed by atoms with van der Waals surface area (Å²) in [6.45, 7) is 0.161. The van der Waals surface area contributed by atoms with Crippen LogP contribution in [-0.2, 0) is 4.79 Å². The summed E-state index contributed by atoms with van der Waals surface area (Å²) in [6, 6.07) is 14.2. The van der Waals surface area contributed by atoms with Crippen molar-refractivity contribution in [2.75, 3.05) is 25.0 Å². The van der Waals surface area contributed by atoms with Crippen molar-refractivity contribution in [1.29, 1.82) is 0 Å². The zero-order valence-corrected chi connectivity index (χ0v) is 16.3. The molecule has 0 spiro atoms. The molecule has 4 rings (SSSR count). The van der Waals surface area contributed by atoms with Crippen molar-refractivity contribution in [3.05, 3.63) is 65.2 Å².